The molecule has 0 fully saturated rings. The molecule has 0 aliphatic carbocycles. The van der Waals surface area contributed by atoms with Crippen molar-refractivity contribution in [2.75, 3.05) is 9.80 Å². The van der Waals surface area contributed by atoms with Crippen LogP contribution in [0.15, 0.2) is 267 Å². The fraction of sp³-hybridized carbons (Fsp3) is 0. The summed E-state index contributed by atoms with van der Waals surface area (Å²) in [5, 5.41) is 10.1. The molecule has 0 N–H and O–H groups in total. The van der Waals surface area contributed by atoms with Gasteiger partial charge in [0.2, 0.25) is 0 Å². The van der Waals surface area contributed by atoms with Crippen molar-refractivity contribution in [1.82, 2.24) is 0 Å². The predicted octanol–water partition coefficient (Wildman–Crippen LogP) is 20.7. The summed E-state index contributed by atoms with van der Waals surface area (Å²) in [7, 11) is 0. The van der Waals surface area contributed by atoms with Gasteiger partial charge in [-0.2, -0.15) is 0 Å². The van der Waals surface area contributed by atoms with Crippen LogP contribution in [0, 0.1) is 0 Å². The molecule has 0 aliphatic heterocycles. The van der Waals surface area contributed by atoms with E-state index < -0.39 is 0 Å². The molecule has 338 valence electrons. The zero-order chi connectivity index (χ0) is 47.5. The average molecular weight is 953 g/mol. The molecule has 0 atom stereocenters. The van der Waals surface area contributed by atoms with Crippen molar-refractivity contribution in [3.63, 3.8) is 0 Å². The Labute approximate surface area is 426 Å². The number of hydrogen-bond donors (Lipinski definition) is 0. The largest absolute Gasteiger partial charge is 0.310 e. The lowest BCUT2D eigenvalue weighted by Crippen LogP contribution is -2.11. The van der Waals surface area contributed by atoms with E-state index in [1.54, 1.807) is 0 Å². The highest BCUT2D eigenvalue weighted by atomic mass is 32.1. The first-order chi connectivity index (χ1) is 35.7. The Morgan fingerprint density at radius 1 is 0.236 bits per heavy atom. The van der Waals surface area contributed by atoms with Gasteiger partial charge in [0.1, 0.15) is 0 Å². The third-order valence-corrected chi connectivity index (χ3v) is 16.5. The van der Waals surface area contributed by atoms with Gasteiger partial charge in [0, 0.05) is 63.1 Å². The standard InChI is InChI=1S/C68H44N2S2/c1-2-15-45(16-3-1)47-35-38-54(39-36-47)69(62-29-14-32-65-67(62)60-40-37-48-18-6-7-26-58(48)68(60)72-65)55-23-10-20-50(42-55)51-21-11-24-56(43-51)70(61-28-13-31-64-66(61)59-27-8-9-30-63(59)71-64)57-25-12-22-52(44-57)53-34-33-46-17-4-5-19-49(46)41-53/h1-44H. The summed E-state index contributed by atoms with van der Waals surface area (Å²) in [6, 6.07) is 98.0. The van der Waals surface area contributed by atoms with Crippen LogP contribution in [-0.2, 0) is 0 Å². The second kappa shape index (κ2) is 17.6. The van der Waals surface area contributed by atoms with Gasteiger partial charge >= 0.3 is 0 Å². The van der Waals surface area contributed by atoms with Crippen LogP contribution in [0.2, 0.25) is 0 Å². The molecule has 0 saturated carbocycles. The highest BCUT2D eigenvalue weighted by Crippen LogP contribution is 2.49. The van der Waals surface area contributed by atoms with Gasteiger partial charge in [0.25, 0.3) is 0 Å². The molecule has 14 aromatic rings. The Hall–Kier alpha value is -8.80. The minimum absolute atomic E-state index is 1.09. The SMILES string of the molecule is c1ccc(-c2ccc(N(c3cccc(-c4cccc(N(c5cccc(-c6ccc7ccccc7c6)c5)c5cccc6sc7ccccc7c56)c4)c3)c3cccc4sc5c6ccccc6ccc5c34)cc2)cc1. The van der Waals surface area contributed by atoms with E-state index in [4.69, 9.17) is 0 Å². The lowest BCUT2D eigenvalue weighted by atomic mass is 9.99. The van der Waals surface area contributed by atoms with Gasteiger partial charge in [-0.25, -0.2) is 0 Å². The topological polar surface area (TPSA) is 6.48 Å². The van der Waals surface area contributed by atoms with E-state index in [1.165, 1.54) is 84.1 Å². The van der Waals surface area contributed by atoms with E-state index in [2.05, 4.69) is 277 Å². The van der Waals surface area contributed by atoms with Crippen LogP contribution in [0.3, 0.4) is 0 Å². The number of fused-ring (bicyclic) bond motifs is 9. The summed E-state index contributed by atoms with van der Waals surface area (Å²) < 4.78 is 5.15. The van der Waals surface area contributed by atoms with Gasteiger partial charge in [-0.3, -0.25) is 0 Å². The Morgan fingerprint density at radius 3 is 1.38 bits per heavy atom. The Kier molecular flexibility index (Phi) is 10.3. The maximum absolute atomic E-state index is 2.46. The molecule has 0 radical (unpaired) electrons. The quantitative estimate of drug-likeness (QED) is 0.142. The maximum Gasteiger partial charge on any atom is 0.0554 e. The first-order valence-electron chi connectivity index (χ1n) is 24.5. The zero-order valence-electron chi connectivity index (χ0n) is 39.1. The molecule has 0 unspecified atom stereocenters. The van der Waals surface area contributed by atoms with Gasteiger partial charge in [-0.05, 0) is 140 Å². The van der Waals surface area contributed by atoms with Gasteiger partial charge in [0.15, 0.2) is 0 Å². The van der Waals surface area contributed by atoms with Crippen molar-refractivity contribution in [1.29, 1.82) is 0 Å². The summed E-state index contributed by atoms with van der Waals surface area (Å²) in [6.07, 6.45) is 0. The first kappa shape index (κ1) is 42.1. The minimum atomic E-state index is 1.09. The fourth-order valence-corrected chi connectivity index (χ4v) is 13.2. The molecule has 2 nitrogen and oxygen atoms in total. The lowest BCUT2D eigenvalue weighted by molar-refractivity contribution is 1.29. The molecule has 2 aromatic heterocycles. The van der Waals surface area contributed by atoms with Crippen LogP contribution in [-0.4, -0.2) is 0 Å². The van der Waals surface area contributed by atoms with Gasteiger partial charge in [-0.15, -0.1) is 22.7 Å². The monoisotopic (exact) mass is 952 g/mol. The van der Waals surface area contributed by atoms with Crippen molar-refractivity contribution in [2.24, 2.45) is 0 Å². The van der Waals surface area contributed by atoms with Crippen LogP contribution in [0.5, 0.6) is 0 Å². The fourth-order valence-electron chi connectivity index (χ4n) is 10.8. The second-order valence-corrected chi connectivity index (χ2v) is 20.6. The third-order valence-electron chi connectivity index (χ3n) is 14.2. The number of thiophene rings is 2. The Morgan fingerprint density at radius 2 is 0.694 bits per heavy atom. The summed E-state index contributed by atoms with van der Waals surface area (Å²) >= 11 is 3.74. The van der Waals surface area contributed by atoms with E-state index in [-0.39, 0.29) is 0 Å². The summed E-state index contributed by atoms with van der Waals surface area (Å²) in [4.78, 5) is 4.92. The van der Waals surface area contributed by atoms with Gasteiger partial charge < -0.3 is 9.80 Å². The lowest BCUT2D eigenvalue weighted by Gasteiger charge is -2.28. The Balaban J connectivity index is 0.931. The van der Waals surface area contributed by atoms with Crippen LogP contribution in [0.25, 0.3) is 95.3 Å². The first-order valence-corrected chi connectivity index (χ1v) is 26.1. The molecule has 0 aliphatic rings. The number of rotatable bonds is 9. The summed E-state index contributed by atoms with van der Waals surface area (Å²) in [5.74, 6) is 0. The van der Waals surface area contributed by atoms with Crippen LogP contribution in [0.1, 0.15) is 0 Å². The molecular formula is C68H44N2S2. The number of hydrogen-bond acceptors (Lipinski definition) is 4. The molecule has 0 amide bonds. The van der Waals surface area contributed by atoms with Crippen molar-refractivity contribution in [2.45, 2.75) is 0 Å². The Bertz CT molecular complexity index is 4360. The van der Waals surface area contributed by atoms with E-state index >= 15 is 0 Å². The molecule has 0 bridgehead atoms. The van der Waals surface area contributed by atoms with E-state index in [9.17, 15) is 0 Å². The molecule has 72 heavy (non-hydrogen) atoms. The molecular weight excluding hydrogens is 909 g/mol. The van der Waals surface area contributed by atoms with Crippen molar-refractivity contribution >= 4 is 119 Å². The van der Waals surface area contributed by atoms with Crippen LogP contribution in [0.4, 0.5) is 34.1 Å². The number of nitrogens with zero attached hydrogens (tertiary/aromatic N) is 2. The molecule has 4 heteroatoms. The van der Waals surface area contributed by atoms with Crippen LogP contribution >= 0.6 is 22.7 Å². The highest BCUT2D eigenvalue weighted by molar-refractivity contribution is 7.27. The van der Waals surface area contributed by atoms with E-state index in [1.807, 2.05) is 22.7 Å². The van der Waals surface area contributed by atoms with Crippen molar-refractivity contribution in [3.8, 4) is 33.4 Å². The van der Waals surface area contributed by atoms with E-state index in [0.717, 1.165) is 45.3 Å². The normalized spacial score (nSPS) is 11.6. The summed E-state index contributed by atoms with van der Waals surface area (Å²) in [6.45, 7) is 0. The number of benzene rings is 12. The molecule has 0 spiro atoms. The third kappa shape index (κ3) is 7.31. The molecule has 0 saturated heterocycles. The average Bonchev–Trinajstić information content (AvgIpc) is 4.04. The summed E-state index contributed by atoms with van der Waals surface area (Å²) in [5.41, 5.74) is 13.7. The molecule has 12 aromatic carbocycles. The molecule has 14 rings (SSSR count). The van der Waals surface area contributed by atoms with E-state index in [0.29, 0.717) is 0 Å². The molecule has 2 heterocycles. The maximum atomic E-state index is 2.46. The van der Waals surface area contributed by atoms with Gasteiger partial charge in [-0.1, -0.05) is 182 Å². The highest BCUT2D eigenvalue weighted by Gasteiger charge is 2.22. The number of anilines is 6. The van der Waals surface area contributed by atoms with Crippen LogP contribution < -0.4 is 9.80 Å². The minimum Gasteiger partial charge on any atom is -0.310 e. The smallest absolute Gasteiger partial charge is 0.0554 e. The van der Waals surface area contributed by atoms with Crippen molar-refractivity contribution in [3.05, 3.63) is 267 Å². The second-order valence-electron chi connectivity index (χ2n) is 18.5. The predicted molar refractivity (Wildman–Crippen MR) is 313 cm³/mol. The van der Waals surface area contributed by atoms with Gasteiger partial charge in [0.05, 0.1) is 11.4 Å². The van der Waals surface area contributed by atoms with Crippen molar-refractivity contribution < 1.29 is 0 Å². The zero-order valence-corrected chi connectivity index (χ0v) is 40.7.